The maximum atomic E-state index is 10.4. The Hall–Kier alpha value is -0.740. The quantitative estimate of drug-likeness (QED) is 0.746. The summed E-state index contributed by atoms with van der Waals surface area (Å²) in [5.74, 6) is 1.53. The van der Waals surface area contributed by atoms with Crippen molar-refractivity contribution >= 4 is 15.9 Å². The van der Waals surface area contributed by atoms with Crippen LogP contribution in [0.1, 0.15) is 42.9 Å². The van der Waals surface area contributed by atoms with E-state index >= 15 is 0 Å². The van der Waals surface area contributed by atoms with Gasteiger partial charge in [0.1, 0.15) is 0 Å². The lowest BCUT2D eigenvalue weighted by molar-refractivity contribution is 0.160. The molecule has 1 aromatic rings. The van der Waals surface area contributed by atoms with E-state index in [1.165, 1.54) is 5.56 Å². The van der Waals surface area contributed by atoms with Crippen molar-refractivity contribution in [2.45, 2.75) is 38.2 Å². The molecule has 3 rings (SSSR count). The fourth-order valence-corrected chi connectivity index (χ4v) is 3.35. The standard InChI is InChI=1S/C14H17BrO3/c15-10-8-12-14(18-7-3-6-17-12)13-9(10)4-1-2-5-11(13)16/h8,11,16H,1-7H2/t11-/m1/s1. The van der Waals surface area contributed by atoms with Gasteiger partial charge in [-0.05, 0) is 30.9 Å². The first-order chi connectivity index (χ1) is 8.77. The van der Waals surface area contributed by atoms with Gasteiger partial charge in [0.15, 0.2) is 11.5 Å². The van der Waals surface area contributed by atoms with Crippen molar-refractivity contribution in [3.05, 3.63) is 21.7 Å². The van der Waals surface area contributed by atoms with E-state index in [9.17, 15) is 5.11 Å². The third-order valence-electron chi connectivity index (χ3n) is 3.62. The fourth-order valence-electron chi connectivity index (χ4n) is 2.73. The molecule has 3 nitrogen and oxygen atoms in total. The van der Waals surface area contributed by atoms with E-state index < -0.39 is 6.10 Å². The molecule has 1 heterocycles. The molecule has 0 amide bonds. The Bertz CT molecular complexity index is 459. The van der Waals surface area contributed by atoms with E-state index in [1.54, 1.807) is 0 Å². The summed E-state index contributed by atoms with van der Waals surface area (Å²) in [5, 5.41) is 10.4. The fraction of sp³-hybridized carbons (Fsp3) is 0.571. The molecule has 0 aromatic heterocycles. The summed E-state index contributed by atoms with van der Waals surface area (Å²) in [5.41, 5.74) is 2.13. The summed E-state index contributed by atoms with van der Waals surface area (Å²) >= 11 is 3.60. The lowest BCUT2D eigenvalue weighted by Gasteiger charge is -2.19. The van der Waals surface area contributed by atoms with Crippen molar-refractivity contribution in [3.63, 3.8) is 0 Å². The van der Waals surface area contributed by atoms with Crippen molar-refractivity contribution in [1.29, 1.82) is 0 Å². The first-order valence-corrected chi connectivity index (χ1v) is 7.35. The largest absolute Gasteiger partial charge is 0.490 e. The number of aliphatic hydroxyl groups is 1. The average molecular weight is 313 g/mol. The molecule has 0 unspecified atom stereocenters. The zero-order chi connectivity index (χ0) is 12.5. The highest BCUT2D eigenvalue weighted by atomic mass is 79.9. The highest BCUT2D eigenvalue weighted by Crippen LogP contribution is 2.45. The second kappa shape index (κ2) is 5.10. The van der Waals surface area contributed by atoms with Crippen LogP contribution in [0.2, 0.25) is 0 Å². The lowest BCUT2D eigenvalue weighted by atomic mass is 9.99. The number of aliphatic hydroxyl groups excluding tert-OH is 1. The number of hydrogen-bond donors (Lipinski definition) is 1. The Kier molecular flexibility index (Phi) is 3.48. The Labute approximate surface area is 115 Å². The normalized spacial score (nSPS) is 22.9. The lowest BCUT2D eigenvalue weighted by Crippen LogP contribution is -2.05. The summed E-state index contributed by atoms with van der Waals surface area (Å²) in [7, 11) is 0. The van der Waals surface area contributed by atoms with Gasteiger partial charge in [-0.25, -0.2) is 0 Å². The van der Waals surface area contributed by atoms with Gasteiger partial charge in [-0.3, -0.25) is 0 Å². The van der Waals surface area contributed by atoms with Crippen LogP contribution in [0.4, 0.5) is 0 Å². The number of rotatable bonds is 0. The van der Waals surface area contributed by atoms with Crippen LogP contribution in [-0.4, -0.2) is 18.3 Å². The molecule has 0 spiro atoms. The van der Waals surface area contributed by atoms with E-state index in [2.05, 4.69) is 15.9 Å². The van der Waals surface area contributed by atoms with E-state index in [0.717, 1.165) is 53.6 Å². The van der Waals surface area contributed by atoms with Crippen LogP contribution in [0.15, 0.2) is 10.5 Å². The molecule has 0 saturated carbocycles. The van der Waals surface area contributed by atoms with Crippen LogP contribution < -0.4 is 9.47 Å². The van der Waals surface area contributed by atoms with Gasteiger partial charge in [0.25, 0.3) is 0 Å². The van der Waals surface area contributed by atoms with Crippen LogP contribution in [0, 0.1) is 0 Å². The Morgan fingerprint density at radius 1 is 1.17 bits per heavy atom. The first kappa shape index (κ1) is 12.3. The predicted octanol–water partition coefficient (Wildman–Crippen LogP) is 3.37. The zero-order valence-corrected chi connectivity index (χ0v) is 11.8. The van der Waals surface area contributed by atoms with Crippen molar-refractivity contribution in [2.24, 2.45) is 0 Å². The number of hydrogen-bond acceptors (Lipinski definition) is 3. The Morgan fingerprint density at radius 2 is 2.00 bits per heavy atom. The molecule has 1 atom stereocenters. The highest BCUT2D eigenvalue weighted by Gasteiger charge is 2.27. The van der Waals surface area contributed by atoms with Crippen molar-refractivity contribution in [3.8, 4) is 11.5 Å². The number of halogens is 1. The third-order valence-corrected chi connectivity index (χ3v) is 4.33. The second-order valence-corrected chi connectivity index (χ2v) is 5.74. The molecule has 0 fully saturated rings. The molecule has 1 aliphatic carbocycles. The van der Waals surface area contributed by atoms with E-state index in [4.69, 9.17) is 9.47 Å². The molecule has 0 saturated heterocycles. The molecule has 4 heteroatoms. The van der Waals surface area contributed by atoms with E-state index in [1.807, 2.05) is 6.07 Å². The van der Waals surface area contributed by atoms with Crippen LogP contribution in [0.3, 0.4) is 0 Å². The first-order valence-electron chi connectivity index (χ1n) is 6.56. The van der Waals surface area contributed by atoms with Crippen LogP contribution in [0.5, 0.6) is 11.5 Å². The molecule has 0 radical (unpaired) electrons. The topological polar surface area (TPSA) is 38.7 Å². The summed E-state index contributed by atoms with van der Waals surface area (Å²) in [6.07, 6.45) is 4.41. The number of ether oxygens (including phenoxy) is 2. The molecule has 1 N–H and O–H groups in total. The smallest absolute Gasteiger partial charge is 0.167 e. The van der Waals surface area contributed by atoms with Crippen LogP contribution in [-0.2, 0) is 6.42 Å². The number of fused-ring (bicyclic) bond motifs is 3. The van der Waals surface area contributed by atoms with Gasteiger partial charge in [-0.2, -0.15) is 0 Å². The van der Waals surface area contributed by atoms with Crippen LogP contribution in [0.25, 0.3) is 0 Å². The molecule has 2 aliphatic rings. The van der Waals surface area contributed by atoms with Gasteiger partial charge in [0.05, 0.1) is 19.3 Å². The van der Waals surface area contributed by atoms with Gasteiger partial charge in [-0.1, -0.05) is 22.4 Å². The summed E-state index contributed by atoms with van der Waals surface area (Å²) in [6, 6.07) is 1.98. The van der Waals surface area contributed by atoms with Gasteiger partial charge in [-0.15, -0.1) is 0 Å². The molecule has 1 aliphatic heterocycles. The molecule has 1 aromatic carbocycles. The highest BCUT2D eigenvalue weighted by molar-refractivity contribution is 9.10. The summed E-state index contributed by atoms with van der Waals surface area (Å²) in [4.78, 5) is 0. The van der Waals surface area contributed by atoms with Crippen LogP contribution >= 0.6 is 15.9 Å². The third kappa shape index (κ3) is 2.12. The molecule has 18 heavy (non-hydrogen) atoms. The molecular weight excluding hydrogens is 296 g/mol. The SMILES string of the molecule is O[C@@H]1CCCCc2c(Br)cc3c(c21)OCCCO3. The minimum Gasteiger partial charge on any atom is -0.490 e. The summed E-state index contributed by atoms with van der Waals surface area (Å²) in [6.45, 7) is 1.34. The summed E-state index contributed by atoms with van der Waals surface area (Å²) < 4.78 is 12.6. The van der Waals surface area contributed by atoms with Crippen molar-refractivity contribution in [2.75, 3.05) is 13.2 Å². The molecular formula is C14H17BrO3. The predicted molar refractivity (Wildman–Crippen MR) is 72.3 cm³/mol. The molecule has 98 valence electrons. The average Bonchev–Trinajstić information content (AvgIpc) is 2.68. The Balaban J connectivity index is 2.17. The van der Waals surface area contributed by atoms with E-state index in [0.29, 0.717) is 13.2 Å². The van der Waals surface area contributed by atoms with Crippen molar-refractivity contribution in [1.82, 2.24) is 0 Å². The maximum absolute atomic E-state index is 10.4. The van der Waals surface area contributed by atoms with Gasteiger partial charge in [0.2, 0.25) is 0 Å². The van der Waals surface area contributed by atoms with Gasteiger partial charge < -0.3 is 14.6 Å². The Morgan fingerprint density at radius 3 is 2.89 bits per heavy atom. The molecule has 0 bridgehead atoms. The van der Waals surface area contributed by atoms with Gasteiger partial charge >= 0.3 is 0 Å². The van der Waals surface area contributed by atoms with E-state index in [-0.39, 0.29) is 0 Å². The minimum absolute atomic E-state index is 0.435. The van der Waals surface area contributed by atoms with Gasteiger partial charge in [0, 0.05) is 16.5 Å². The second-order valence-electron chi connectivity index (χ2n) is 4.89. The maximum Gasteiger partial charge on any atom is 0.167 e. The monoisotopic (exact) mass is 312 g/mol. The minimum atomic E-state index is -0.435. The number of benzene rings is 1. The van der Waals surface area contributed by atoms with Crippen molar-refractivity contribution < 1.29 is 14.6 Å². The zero-order valence-electron chi connectivity index (χ0n) is 10.2.